The van der Waals surface area contributed by atoms with Gasteiger partial charge >= 0.3 is 0 Å². The third kappa shape index (κ3) is 16.7. The van der Waals surface area contributed by atoms with E-state index >= 15 is 0 Å². The van der Waals surface area contributed by atoms with Crippen LogP contribution < -0.4 is 48.7 Å². The minimum absolute atomic E-state index is 0.0593. The molecule has 0 spiro atoms. The first kappa shape index (κ1) is 43.5. The number of aromatic hydroxyl groups is 1. The Balaban J connectivity index is 2.44. The Morgan fingerprint density at radius 1 is 0.660 bits per heavy atom. The molecule has 0 aliphatic heterocycles. The van der Waals surface area contributed by atoms with Gasteiger partial charge in [-0.3, -0.25) is 38.4 Å². The number of thiol groups is 2. The Labute approximate surface area is 300 Å². The number of nitrogens with two attached hydrogens (primary N) is 2. The van der Waals surface area contributed by atoms with Crippen molar-refractivity contribution in [1.82, 2.24) is 37.2 Å². The first-order chi connectivity index (χ1) is 23.5. The Hall–Kier alpha value is -4.56. The molecule has 20 heteroatoms. The fraction of sp³-hybridized carbons (Fsp3) is 0.533. The summed E-state index contributed by atoms with van der Waals surface area (Å²) in [7, 11) is 0. The minimum Gasteiger partial charge on any atom is -0.508 e. The highest BCUT2D eigenvalue weighted by atomic mass is 32.1. The van der Waals surface area contributed by atoms with Crippen LogP contribution in [0.2, 0.25) is 0 Å². The van der Waals surface area contributed by atoms with Crippen LogP contribution in [0.25, 0.3) is 0 Å². The van der Waals surface area contributed by atoms with Crippen molar-refractivity contribution >= 4 is 72.5 Å². The fourth-order valence-corrected chi connectivity index (χ4v) is 4.57. The Morgan fingerprint density at radius 3 is 1.68 bits per heavy atom. The third-order valence-corrected chi connectivity index (χ3v) is 7.54. The summed E-state index contributed by atoms with van der Waals surface area (Å²) >= 11 is 8.11. The quantitative estimate of drug-likeness (QED) is 0.0542. The summed E-state index contributed by atoms with van der Waals surface area (Å²) in [6, 6.07) is 0.816. The molecule has 0 saturated carbocycles. The maximum Gasteiger partial charge on any atom is 0.244 e. The van der Waals surface area contributed by atoms with Crippen molar-refractivity contribution in [1.29, 1.82) is 0 Å². The van der Waals surface area contributed by atoms with Gasteiger partial charge < -0.3 is 53.8 Å². The predicted molar refractivity (Wildman–Crippen MR) is 189 cm³/mol. The van der Waals surface area contributed by atoms with Crippen LogP contribution in [0.15, 0.2) is 24.3 Å². The molecule has 0 aromatic heterocycles. The van der Waals surface area contributed by atoms with E-state index in [0.717, 1.165) is 0 Å². The molecule has 0 aliphatic carbocycles. The molecule has 12 N–H and O–H groups in total. The zero-order valence-corrected chi connectivity index (χ0v) is 29.8. The molecule has 0 unspecified atom stereocenters. The molecule has 8 amide bonds. The maximum atomic E-state index is 12.6. The van der Waals surface area contributed by atoms with Crippen molar-refractivity contribution in [2.75, 3.05) is 31.1 Å². The van der Waals surface area contributed by atoms with Gasteiger partial charge in [0.15, 0.2) is 0 Å². The topological polar surface area (TPSA) is 293 Å². The SMILES string of the molecule is CC(C)C[C@H](NC(=O)[C@H](C)NC(=O)[C@H](CS)NC(=O)CNC(=O)CNC(=O)CNC(=O)[C@H](CS)NC(=O)[C@@H](N)Cc1ccc(O)cc1)C(N)=O. The summed E-state index contributed by atoms with van der Waals surface area (Å²) in [4.78, 5) is 98.3. The van der Waals surface area contributed by atoms with E-state index in [-0.39, 0.29) is 29.6 Å². The average Bonchev–Trinajstić information content (AvgIpc) is 3.06. The molecular formula is C30H47N9O9S2. The van der Waals surface area contributed by atoms with Crippen LogP contribution in [0.4, 0.5) is 0 Å². The highest BCUT2D eigenvalue weighted by Gasteiger charge is 2.27. The normalized spacial score (nSPS) is 13.7. The lowest BCUT2D eigenvalue weighted by molar-refractivity contribution is -0.133. The van der Waals surface area contributed by atoms with Gasteiger partial charge in [-0.25, -0.2) is 0 Å². The van der Waals surface area contributed by atoms with E-state index in [0.29, 0.717) is 12.0 Å². The smallest absolute Gasteiger partial charge is 0.244 e. The van der Waals surface area contributed by atoms with Crippen LogP contribution in [0.5, 0.6) is 5.75 Å². The predicted octanol–water partition coefficient (Wildman–Crippen LogP) is -4.04. The number of hydrogen-bond donors (Lipinski definition) is 12. The summed E-state index contributed by atoms with van der Waals surface area (Å²) in [5, 5.41) is 25.9. The van der Waals surface area contributed by atoms with Crippen molar-refractivity contribution in [2.24, 2.45) is 17.4 Å². The van der Waals surface area contributed by atoms with E-state index in [9.17, 15) is 43.5 Å². The van der Waals surface area contributed by atoms with Gasteiger partial charge in [-0.05, 0) is 43.4 Å². The van der Waals surface area contributed by atoms with E-state index in [4.69, 9.17) is 11.5 Å². The Bertz CT molecular complexity index is 1370. The number of primary amides is 1. The summed E-state index contributed by atoms with van der Waals surface area (Å²) in [6.45, 7) is 3.43. The summed E-state index contributed by atoms with van der Waals surface area (Å²) in [6.07, 6.45) is 0.450. The van der Waals surface area contributed by atoms with Gasteiger partial charge in [0.1, 0.15) is 29.9 Å². The molecule has 0 aliphatic rings. The Kier molecular flexibility index (Phi) is 19.3. The van der Waals surface area contributed by atoms with Crippen molar-refractivity contribution in [3.63, 3.8) is 0 Å². The number of nitrogens with one attached hydrogen (secondary N) is 7. The van der Waals surface area contributed by atoms with E-state index in [1.165, 1.54) is 19.1 Å². The van der Waals surface area contributed by atoms with Crippen molar-refractivity contribution in [2.45, 2.75) is 63.8 Å². The lowest BCUT2D eigenvalue weighted by Crippen LogP contribution is -2.56. The molecule has 1 aromatic carbocycles. The molecule has 0 bridgehead atoms. The van der Waals surface area contributed by atoms with Crippen LogP contribution in [-0.2, 0) is 44.8 Å². The Morgan fingerprint density at radius 2 is 1.16 bits per heavy atom. The minimum atomic E-state index is -1.18. The van der Waals surface area contributed by atoms with Gasteiger partial charge in [-0.15, -0.1) is 0 Å². The average molecular weight is 742 g/mol. The van der Waals surface area contributed by atoms with Gasteiger partial charge in [0, 0.05) is 11.5 Å². The van der Waals surface area contributed by atoms with Crippen LogP contribution in [0, 0.1) is 5.92 Å². The second kappa shape index (κ2) is 22.2. The van der Waals surface area contributed by atoms with Crippen LogP contribution in [0.1, 0.15) is 32.8 Å². The number of phenolic OH excluding ortho intramolecular Hbond substituents is 1. The molecule has 278 valence electrons. The summed E-state index contributed by atoms with van der Waals surface area (Å²) in [5.41, 5.74) is 11.9. The second-order valence-electron chi connectivity index (χ2n) is 11.6. The van der Waals surface area contributed by atoms with E-state index in [1.807, 2.05) is 13.8 Å². The van der Waals surface area contributed by atoms with Gasteiger partial charge in [-0.2, -0.15) is 25.3 Å². The number of amides is 8. The first-order valence-corrected chi connectivity index (χ1v) is 16.8. The van der Waals surface area contributed by atoms with E-state index in [2.05, 4.69) is 62.5 Å². The van der Waals surface area contributed by atoms with Gasteiger partial charge in [0.25, 0.3) is 0 Å². The summed E-state index contributed by atoms with van der Waals surface area (Å²) < 4.78 is 0. The molecule has 0 radical (unpaired) electrons. The van der Waals surface area contributed by atoms with E-state index < -0.39 is 97.1 Å². The molecule has 0 saturated heterocycles. The lowest BCUT2D eigenvalue weighted by atomic mass is 10.0. The monoisotopic (exact) mass is 741 g/mol. The number of carbonyl (C=O) groups excluding carboxylic acids is 8. The van der Waals surface area contributed by atoms with Crippen molar-refractivity contribution in [3.05, 3.63) is 29.8 Å². The van der Waals surface area contributed by atoms with Crippen molar-refractivity contribution in [3.8, 4) is 5.75 Å². The largest absolute Gasteiger partial charge is 0.508 e. The highest BCUT2D eigenvalue weighted by molar-refractivity contribution is 7.80. The number of benzene rings is 1. The molecule has 0 heterocycles. The second-order valence-corrected chi connectivity index (χ2v) is 12.3. The van der Waals surface area contributed by atoms with E-state index in [1.54, 1.807) is 12.1 Å². The highest BCUT2D eigenvalue weighted by Crippen LogP contribution is 2.11. The molecular weight excluding hydrogens is 695 g/mol. The maximum absolute atomic E-state index is 12.6. The number of phenols is 1. The summed E-state index contributed by atoms with van der Waals surface area (Å²) in [5.74, 6) is -5.86. The third-order valence-electron chi connectivity index (χ3n) is 6.81. The molecule has 0 fully saturated rings. The van der Waals surface area contributed by atoms with Crippen molar-refractivity contribution < 1.29 is 43.5 Å². The van der Waals surface area contributed by atoms with Gasteiger partial charge in [-0.1, -0.05) is 26.0 Å². The standard InChI is InChI=1S/C30H47N9O9S2/c1-15(2)8-20(26(32)44)38-27(45)16(3)36-30(48)22(14-50)37-25(43)12-34-23(41)10-33-24(42)11-35-29(47)21(13-49)39-28(46)19(31)9-17-4-6-18(40)7-5-17/h4-7,15-16,19-22,40,49-50H,8-14,31H2,1-3H3,(H2,32,44)(H,33,42)(H,34,41)(H,35,47)(H,36,48)(H,37,43)(H,38,45)(H,39,46)/t16-,19-,20-,21-,22-/m0/s1. The lowest BCUT2D eigenvalue weighted by Gasteiger charge is -2.22. The molecule has 50 heavy (non-hydrogen) atoms. The van der Waals surface area contributed by atoms with Crippen LogP contribution >= 0.6 is 25.3 Å². The van der Waals surface area contributed by atoms with Crippen LogP contribution in [0.3, 0.4) is 0 Å². The molecule has 1 aromatic rings. The first-order valence-electron chi connectivity index (χ1n) is 15.5. The molecule has 18 nitrogen and oxygen atoms in total. The molecule has 1 rings (SSSR count). The number of hydrogen-bond acceptors (Lipinski definition) is 12. The van der Waals surface area contributed by atoms with Gasteiger partial charge in [0.05, 0.1) is 25.7 Å². The molecule has 5 atom stereocenters. The zero-order valence-electron chi connectivity index (χ0n) is 28.0. The fourth-order valence-electron chi connectivity index (χ4n) is 4.06. The zero-order chi connectivity index (χ0) is 38.0. The van der Waals surface area contributed by atoms with Gasteiger partial charge in [0.2, 0.25) is 47.3 Å². The van der Waals surface area contributed by atoms with Crippen LogP contribution in [-0.4, -0.2) is 114 Å². The number of rotatable bonds is 21. The number of carbonyl (C=O) groups is 8.